The SMILES string of the molecule is CCCNc1cccc(Oc2ccc(F)cc2C)n1. The summed E-state index contributed by atoms with van der Waals surface area (Å²) in [6, 6.07) is 9.97. The molecule has 1 aromatic carbocycles. The number of nitrogens with one attached hydrogen (secondary N) is 1. The minimum absolute atomic E-state index is 0.267. The van der Waals surface area contributed by atoms with Crippen molar-refractivity contribution in [3.63, 3.8) is 0 Å². The molecule has 0 saturated carbocycles. The lowest BCUT2D eigenvalue weighted by Crippen LogP contribution is -2.02. The van der Waals surface area contributed by atoms with E-state index in [-0.39, 0.29) is 5.82 Å². The Morgan fingerprint density at radius 1 is 1.26 bits per heavy atom. The Kier molecular flexibility index (Phi) is 4.34. The number of aryl methyl sites for hydroxylation is 1. The lowest BCUT2D eigenvalue weighted by atomic mass is 10.2. The zero-order chi connectivity index (χ0) is 13.7. The molecule has 1 N–H and O–H groups in total. The van der Waals surface area contributed by atoms with Gasteiger partial charge in [0.25, 0.3) is 0 Å². The zero-order valence-corrected chi connectivity index (χ0v) is 11.1. The van der Waals surface area contributed by atoms with Crippen LogP contribution in [0.1, 0.15) is 18.9 Å². The van der Waals surface area contributed by atoms with Crippen LogP contribution in [0, 0.1) is 12.7 Å². The third-order valence-corrected chi connectivity index (χ3v) is 2.63. The van der Waals surface area contributed by atoms with Crippen molar-refractivity contribution in [1.29, 1.82) is 0 Å². The fourth-order valence-corrected chi connectivity index (χ4v) is 1.66. The molecule has 0 unspecified atom stereocenters. The fourth-order valence-electron chi connectivity index (χ4n) is 1.66. The monoisotopic (exact) mass is 260 g/mol. The molecule has 0 saturated heterocycles. The number of halogens is 1. The van der Waals surface area contributed by atoms with Gasteiger partial charge in [0.15, 0.2) is 0 Å². The van der Waals surface area contributed by atoms with Crippen molar-refractivity contribution in [1.82, 2.24) is 4.98 Å². The van der Waals surface area contributed by atoms with Gasteiger partial charge in [-0.15, -0.1) is 0 Å². The first-order valence-corrected chi connectivity index (χ1v) is 6.34. The molecule has 0 aliphatic carbocycles. The first kappa shape index (κ1) is 13.3. The maximum Gasteiger partial charge on any atom is 0.221 e. The highest BCUT2D eigenvalue weighted by molar-refractivity contribution is 5.40. The Morgan fingerprint density at radius 2 is 2.11 bits per heavy atom. The van der Waals surface area contributed by atoms with Crippen LogP contribution in [0.2, 0.25) is 0 Å². The quantitative estimate of drug-likeness (QED) is 0.877. The van der Waals surface area contributed by atoms with Crippen molar-refractivity contribution in [2.24, 2.45) is 0 Å². The summed E-state index contributed by atoms with van der Waals surface area (Å²) in [6.45, 7) is 4.76. The predicted molar refractivity (Wildman–Crippen MR) is 74.2 cm³/mol. The lowest BCUT2D eigenvalue weighted by molar-refractivity contribution is 0.458. The molecule has 0 aliphatic rings. The number of hydrogen-bond donors (Lipinski definition) is 1. The van der Waals surface area contributed by atoms with Crippen molar-refractivity contribution in [2.45, 2.75) is 20.3 Å². The number of benzene rings is 1. The van der Waals surface area contributed by atoms with E-state index in [1.807, 2.05) is 12.1 Å². The minimum atomic E-state index is -0.267. The average Bonchev–Trinajstić information content (AvgIpc) is 2.40. The standard InChI is InChI=1S/C15H17FN2O/c1-3-9-17-14-5-4-6-15(18-14)19-13-8-7-12(16)10-11(13)2/h4-8,10H,3,9H2,1-2H3,(H,17,18). The van der Waals surface area contributed by atoms with Crippen LogP contribution in [0.3, 0.4) is 0 Å². The van der Waals surface area contributed by atoms with Crippen LogP contribution in [-0.2, 0) is 0 Å². The molecule has 0 bridgehead atoms. The number of nitrogens with zero attached hydrogens (tertiary/aromatic N) is 1. The van der Waals surface area contributed by atoms with Crippen LogP contribution in [0.5, 0.6) is 11.6 Å². The summed E-state index contributed by atoms with van der Waals surface area (Å²) >= 11 is 0. The highest BCUT2D eigenvalue weighted by Gasteiger charge is 2.04. The Hall–Kier alpha value is -2.10. The van der Waals surface area contributed by atoms with Gasteiger partial charge in [0.1, 0.15) is 17.4 Å². The van der Waals surface area contributed by atoms with E-state index in [9.17, 15) is 4.39 Å². The van der Waals surface area contributed by atoms with Gasteiger partial charge in [-0.05, 0) is 43.2 Å². The van der Waals surface area contributed by atoms with Gasteiger partial charge in [-0.1, -0.05) is 13.0 Å². The van der Waals surface area contributed by atoms with Crippen LogP contribution < -0.4 is 10.1 Å². The number of aromatic nitrogens is 1. The van der Waals surface area contributed by atoms with Crippen molar-refractivity contribution in [2.75, 3.05) is 11.9 Å². The number of pyridine rings is 1. The zero-order valence-electron chi connectivity index (χ0n) is 11.1. The molecule has 19 heavy (non-hydrogen) atoms. The summed E-state index contributed by atoms with van der Waals surface area (Å²) in [6.07, 6.45) is 1.03. The molecule has 2 rings (SSSR count). The summed E-state index contributed by atoms with van der Waals surface area (Å²) in [4.78, 5) is 4.34. The molecule has 0 spiro atoms. The number of anilines is 1. The molecule has 4 heteroatoms. The van der Waals surface area contributed by atoms with Gasteiger partial charge in [0.2, 0.25) is 5.88 Å². The second-order valence-corrected chi connectivity index (χ2v) is 4.30. The third kappa shape index (κ3) is 3.68. The molecule has 3 nitrogen and oxygen atoms in total. The Bertz CT molecular complexity index is 558. The second kappa shape index (κ2) is 6.18. The van der Waals surface area contributed by atoms with Crippen LogP contribution in [0.15, 0.2) is 36.4 Å². The molecule has 0 aliphatic heterocycles. The molecular weight excluding hydrogens is 243 g/mol. The van der Waals surface area contributed by atoms with E-state index >= 15 is 0 Å². The molecule has 1 aromatic heterocycles. The second-order valence-electron chi connectivity index (χ2n) is 4.30. The summed E-state index contributed by atoms with van der Waals surface area (Å²) in [7, 11) is 0. The van der Waals surface area contributed by atoms with Gasteiger partial charge < -0.3 is 10.1 Å². The van der Waals surface area contributed by atoms with Gasteiger partial charge in [0, 0.05) is 12.6 Å². The normalized spacial score (nSPS) is 10.3. The molecule has 1 heterocycles. The van der Waals surface area contributed by atoms with E-state index < -0.39 is 0 Å². The van der Waals surface area contributed by atoms with E-state index in [1.54, 1.807) is 19.1 Å². The summed E-state index contributed by atoms with van der Waals surface area (Å²) in [5.41, 5.74) is 0.744. The van der Waals surface area contributed by atoms with Gasteiger partial charge in [-0.25, -0.2) is 4.39 Å². The van der Waals surface area contributed by atoms with Crippen molar-refractivity contribution in [3.05, 3.63) is 47.8 Å². The van der Waals surface area contributed by atoms with Crippen LogP contribution in [0.4, 0.5) is 10.2 Å². The Morgan fingerprint density at radius 3 is 2.84 bits per heavy atom. The molecule has 100 valence electrons. The molecule has 2 aromatic rings. The van der Waals surface area contributed by atoms with E-state index in [0.717, 1.165) is 24.3 Å². The molecule has 0 fully saturated rings. The van der Waals surface area contributed by atoms with E-state index in [2.05, 4.69) is 17.2 Å². The molecular formula is C15H17FN2O. The van der Waals surface area contributed by atoms with E-state index in [0.29, 0.717) is 11.6 Å². The van der Waals surface area contributed by atoms with Gasteiger partial charge in [-0.3, -0.25) is 0 Å². The smallest absolute Gasteiger partial charge is 0.221 e. The third-order valence-electron chi connectivity index (χ3n) is 2.63. The van der Waals surface area contributed by atoms with Crippen LogP contribution >= 0.6 is 0 Å². The molecule has 0 amide bonds. The Balaban J connectivity index is 2.14. The minimum Gasteiger partial charge on any atom is -0.439 e. The highest BCUT2D eigenvalue weighted by Crippen LogP contribution is 2.24. The van der Waals surface area contributed by atoms with Gasteiger partial charge in [0.05, 0.1) is 0 Å². The fraction of sp³-hybridized carbons (Fsp3) is 0.267. The van der Waals surface area contributed by atoms with Crippen LogP contribution in [-0.4, -0.2) is 11.5 Å². The summed E-state index contributed by atoms with van der Waals surface area (Å²) < 4.78 is 18.7. The predicted octanol–water partition coefficient (Wildman–Crippen LogP) is 4.14. The van der Waals surface area contributed by atoms with E-state index in [1.165, 1.54) is 12.1 Å². The summed E-state index contributed by atoms with van der Waals surface area (Å²) in [5.74, 6) is 1.62. The maximum absolute atomic E-state index is 13.0. The van der Waals surface area contributed by atoms with Crippen LogP contribution in [0.25, 0.3) is 0 Å². The summed E-state index contributed by atoms with van der Waals surface area (Å²) in [5, 5.41) is 3.19. The molecule has 0 radical (unpaired) electrons. The Labute approximate surface area is 112 Å². The topological polar surface area (TPSA) is 34.1 Å². The largest absolute Gasteiger partial charge is 0.439 e. The van der Waals surface area contributed by atoms with Gasteiger partial charge >= 0.3 is 0 Å². The highest BCUT2D eigenvalue weighted by atomic mass is 19.1. The average molecular weight is 260 g/mol. The van der Waals surface area contributed by atoms with E-state index in [4.69, 9.17) is 4.74 Å². The first-order chi connectivity index (χ1) is 9.19. The first-order valence-electron chi connectivity index (χ1n) is 6.34. The number of ether oxygens (including phenoxy) is 1. The molecule has 0 atom stereocenters. The van der Waals surface area contributed by atoms with Gasteiger partial charge in [-0.2, -0.15) is 4.98 Å². The number of rotatable bonds is 5. The lowest BCUT2D eigenvalue weighted by Gasteiger charge is -2.09. The number of hydrogen-bond acceptors (Lipinski definition) is 3. The van der Waals surface area contributed by atoms with Crippen molar-refractivity contribution in [3.8, 4) is 11.6 Å². The van der Waals surface area contributed by atoms with Crippen molar-refractivity contribution < 1.29 is 9.13 Å². The van der Waals surface area contributed by atoms with Crippen molar-refractivity contribution >= 4 is 5.82 Å². The maximum atomic E-state index is 13.0.